The van der Waals surface area contributed by atoms with Gasteiger partial charge in [0.1, 0.15) is 6.04 Å². The third-order valence-electron chi connectivity index (χ3n) is 3.54. The normalized spacial score (nSPS) is 12.2. The molecular weight excluding hydrogens is 250 g/mol. The largest absolute Gasteiger partial charge is 0.342 e. The molecule has 0 aliphatic carbocycles. The molecule has 1 unspecified atom stereocenters. The molecule has 1 atom stereocenters. The van der Waals surface area contributed by atoms with Crippen LogP contribution in [0.5, 0.6) is 0 Å². The van der Waals surface area contributed by atoms with Crippen LogP contribution < -0.4 is 0 Å². The lowest BCUT2D eigenvalue weighted by molar-refractivity contribution is -0.134. The molecule has 4 heteroatoms. The van der Waals surface area contributed by atoms with Gasteiger partial charge in [-0.15, -0.1) is 0 Å². The van der Waals surface area contributed by atoms with Gasteiger partial charge in [-0.3, -0.25) is 9.78 Å². The second-order valence-electron chi connectivity index (χ2n) is 5.02. The number of carbonyl (C=O) groups is 1. The van der Waals surface area contributed by atoms with Crippen molar-refractivity contribution in [3.8, 4) is 0 Å². The Hall–Kier alpha value is -2.10. The van der Waals surface area contributed by atoms with Crippen LogP contribution in [0.2, 0.25) is 0 Å². The van der Waals surface area contributed by atoms with Crippen LogP contribution in [-0.4, -0.2) is 27.4 Å². The van der Waals surface area contributed by atoms with E-state index in [9.17, 15) is 4.79 Å². The zero-order chi connectivity index (χ0) is 14.5. The van der Waals surface area contributed by atoms with Crippen molar-refractivity contribution < 1.29 is 4.79 Å². The first-order valence-electron chi connectivity index (χ1n) is 6.91. The molecule has 2 rings (SSSR count). The van der Waals surface area contributed by atoms with Gasteiger partial charge >= 0.3 is 0 Å². The summed E-state index contributed by atoms with van der Waals surface area (Å²) in [5.74, 6) is 0.119. The molecule has 20 heavy (non-hydrogen) atoms. The topological polar surface area (TPSA) is 38.1 Å². The zero-order valence-electron chi connectivity index (χ0n) is 12.3. The maximum Gasteiger partial charge on any atom is 0.245 e. The molecule has 2 aromatic heterocycles. The highest BCUT2D eigenvalue weighted by atomic mass is 16.2. The number of likely N-dealkylation sites (N-methyl/N-ethyl adjacent to an activating group) is 1. The van der Waals surface area contributed by atoms with E-state index in [1.54, 1.807) is 11.1 Å². The van der Waals surface area contributed by atoms with Crippen molar-refractivity contribution >= 4 is 5.91 Å². The van der Waals surface area contributed by atoms with Gasteiger partial charge in [0, 0.05) is 25.6 Å². The molecule has 0 aliphatic heterocycles. The van der Waals surface area contributed by atoms with Gasteiger partial charge in [-0.25, -0.2) is 0 Å². The first-order chi connectivity index (χ1) is 9.63. The number of aryl methyl sites for hydroxylation is 1. The third-order valence-corrected chi connectivity index (χ3v) is 3.54. The molecule has 0 bridgehead atoms. The van der Waals surface area contributed by atoms with Gasteiger partial charge in [0.15, 0.2) is 0 Å². The van der Waals surface area contributed by atoms with Gasteiger partial charge in [-0.2, -0.15) is 0 Å². The molecule has 2 aromatic rings. The molecule has 1 amide bonds. The minimum absolute atomic E-state index is 0.119. The molecule has 0 saturated heterocycles. The van der Waals surface area contributed by atoms with E-state index in [0.29, 0.717) is 6.54 Å². The van der Waals surface area contributed by atoms with Crippen molar-refractivity contribution in [1.29, 1.82) is 0 Å². The number of amides is 1. The average molecular weight is 271 g/mol. The monoisotopic (exact) mass is 271 g/mol. The molecule has 4 nitrogen and oxygen atoms in total. The molecule has 0 radical (unpaired) electrons. The Morgan fingerprint density at radius 2 is 2.05 bits per heavy atom. The number of carbonyl (C=O) groups excluding carboxylic acids is 1. The van der Waals surface area contributed by atoms with Gasteiger partial charge in [0.25, 0.3) is 0 Å². The number of rotatable bonds is 5. The van der Waals surface area contributed by atoms with Crippen LogP contribution in [0, 0.1) is 6.92 Å². The smallest absolute Gasteiger partial charge is 0.245 e. The molecule has 2 heterocycles. The lowest BCUT2D eigenvalue weighted by atomic mass is 10.1. The van der Waals surface area contributed by atoms with Crippen molar-refractivity contribution in [1.82, 2.24) is 14.5 Å². The summed E-state index contributed by atoms with van der Waals surface area (Å²) < 4.78 is 1.96. The minimum atomic E-state index is -0.140. The maximum absolute atomic E-state index is 12.6. The summed E-state index contributed by atoms with van der Waals surface area (Å²) in [6, 6.07) is 7.68. The highest BCUT2D eigenvalue weighted by molar-refractivity contribution is 5.80. The highest BCUT2D eigenvalue weighted by Crippen LogP contribution is 2.16. The van der Waals surface area contributed by atoms with E-state index < -0.39 is 0 Å². The molecule has 0 aliphatic rings. The Bertz CT molecular complexity index is 563. The van der Waals surface area contributed by atoms with Crippen LogP contribution in [0.15, 0.2) is 42.9 Å². The van der Waals surface area contributed by atoms with Crippen LogP contribution >= 0.6 is 0 Å². The Balaban J connectivity index is 2.10. The maximum atomic E-state index is 12.6. The molecule has 0 fully saturated rings. The summed E-state index contributed by atoms with van der Waals surface area (Å²) in [6.45, 7) is 4.59. The molecule has 106 valence electrons. The van der Waals surface area contributed by atoms with E-state index in [2.05, 4.69) is 4.98 Å². The van der Waals surface area contributed by atoms with E-state index in [-0.39, 0.29) is 11.9 Å². The zero-order valence-corrected chi connectivity index (χ0v) is 12.3. The van der Waals surface area contributed by atoms with Crippen molar-refractivity contribution in [3.05, 3.63) is 54.1 Å². The molecule has 0 N–H and O–H groups in total. The van der Waals surface area contributed by atoms with Crippen molar-refractivity contribution in [3.63, 3.8) is 0 Å². The van der Waals surface area contributed by atoms with Crippen molar-refractivity contribution in [2.45, 2.75) is 32.9 Å². The Kier molecular flexibility index (Phi) is 4.56. The highest BCUT2D eigenvalue weighted by Gasteiger charge is 2.21. The third kappa shape index (κ3) is 3.07. The van der Waals surface area contributed by atoms with E-state index in [0.717, 1.165) is 17.7 Å². The standard InChI is InChI=1S/C16H21N3O/c1-4-15(19-10-5-6-11-19)16(20)18(3)12-14-13(2)8-7-9-17-14/h5-11,15H,4,12H2,1-3H3. The van der Waals surface area contributed by atoms with Crippen LogP contribution in [0.25, 0.3) is 0 Å². The summed E-state index contributed by atoms with van der Waals surface area (Å²) >= 11 is 0. The SMILES string of the molecule is CCC(C(=O)N(C)Cc1ncccc1C)n1cccc1. The van der Waals surface area contributed by atoms with Gasteiger partial charge < -0.3 is 9.47 Å². The molecule has 0 aromatic carbocycles. The van der Waals surface area contributed by atoms with E-state index in [4.69, 9.17) is 0 Å². The molecular formula is C16H21N3O. The van der Waals surface area contributed by atoms with Gasteiger partial charge in [0.05, 0.1) is 12.2 Å². The predicted molar refractivity (Wildman–Crippen MR) is 79.2 cm³/mol. The Morgan fingerprint density at radius 3 is 2.65 bits per heavy atom. The first kappa shape index (κ1) is 14.3. The lowest BCUT2D eigenvalue weighted by Gasteiger charge is -2.24. The Labute approximate surface area is 120 Å². The number of hydrogen-bond acceptors (Lipinski definition) is 2. The summed E-state index contributed by atoms with van der Waals surface area (Å²) in [5, 5.41) is 0. The fourth-order valence-corrected chi connectivity index (χ4v) is 2.31. The fourth-order valence-electron chi connectivity index (χ4n) is 2.31. The van der Waals surface area contributed by atoms with Gasteiger partial charge in [-0.1, -0.05) is 13.0 Å². The van der Waals surface area contributed by atoms with Crippen LogP contribution in [0.3, 0.4) is 0 Å². The quantitative estimate of drug-likeness (QED) is 0.838. The second kappa shape index (κ2) is 6.37. The number of nitrogens with zero attached hydrogens (tertiary/aromatic N) is 3. The van der Waals surface area contributed by atoms with Crippen LogP contribution in [0.1, 0.15) is 30.6 Å². The van der Waals surface area contributed by atoms with Crippen molar-refractivity contribution in [2.75, 3.05) is 7.05 Å². The fraction of sp³-hybridized carbons (Fsp3) is 0.375. The van der Waals surface area contributed by atoms with Crippen LogP contribution in [0.4, 0.5) is 0 Å². The number of hydrogen-bond donors (Lipinski definition) is 0. The summed E-state index contributed by atoms with van der Waals surface area (Å²) in [4.78, 5) is 18.7. The lowest BCUT2D eigenvalue weighted by Crippen LogP contribution is -2.33. The van der Waals surface area contributed by atoms with E-state index in [1.165, 1.54) is 0 Å². The average Bonchev–Trinajstić information content (AvgIpc) is 2.96. The van der Waals surface area contributed by atoms with E-state index in [1.807, 2.05) is 62.1 Å². The second-order valence-corrected chi connectivity index (χ2v) is 5.02. The van der Waals surface area contributed by atoms with Crippen molar-refractivity contribution in [2.24, 2.45) is 0 Å². The predicted octanol–water partition coefficient (Wildman–Crippen LogP) is 2.80. The first-order valence-corrected chi connectivity index (χ1v) is 6.91. The van der Waals surface area contributed by atoms with E-state index >= 15 is 0 Å². The minimum Gasteiger partial charge on any atom is -0.342 e. The number of aromatic nitrogens is 2. The number of pyridine rings is 1. The molecule has 0 saturated carbocycles. The van der Waals surface area contributed by atoms with Crippen LogP contribution in [-0.2, 0) is 11.3 Å². The van der Waals surface area contributed by atoms with Gasteiger partial charge in [-0.05, 0) is 37.1 Å². The summed E-state index contributed by atoms with van der Waals surface area (Å²) in [7, 11) is 1.84. The summed E-state index contributed by atoms with van der Waals surface area (Å²) in [5.41, 5.74) is 2.06. The summed E-state index contributed by atoms with van der Waals surface area (Å²) in [6.07, 6.45) is 6.42. The van der Waals surface area contributed by atoms with Gasteiger partial charge in [0.2, 0.25) is 5.91 Å². The molecule has 0 spiro atoms. The Morgan fingerprint density at radius 1 is 1.35 bits per heavy atom.